The topological polar surface area (TPSA) is 82.7 Å². The average molecular weight is 581 g/mol. The summed E-state index contributed by atoms with van der Waals surface area (Å²) in [5, 5.41) is 11.9. The number of hydrogen-bond acceptors (Lipinski definition) is 5. The summed E-state index contributed by atoms with van der Waals surface area (Å²) in [4.78, 5) is 0.138. The van der Waals surface area contributed by atoms with Crippen LogP contribution in [0.25, 0.3) is 5.69 Å². The largest absolute Gasteiger partial charge is 0.496 e. The fourth-order valence-corrected chi connectivity index (χ4v) is 6.67. The molecule has 0 aliphatic carbocycles. The molecular formula is C31H40N2O5SSi. The first-order valence-corrected chi connectivity index (χ1v) is 17.7. The van der Waals surface area contributed by atoms with Gasteiger partial charge in [0, 0.05) is 23.7 Å². The lowest BCUT2D eigenvalue weighted by atomic mass is 10.0. The zero-order valence-electron chi connectivity index (χ0n) is 24.6. The van der Waals surface area contributed by atoms with Crippen LogP contribution in [0.5, 0.6) is 5.75 Å². The predicted molar refractivity (Wildman–Crippen MR) is 161 cm³/mol. The van der Waals surface area contributed by atoms with E-state index in [1.54, 1.807) is 36.4 Å². The van der Waals surface area contributed by atoms with Crippen LogP contribution in [0, 0.1) is 13.8 Å². The van der Waals surface area contributed by atoms with Crippen molar-refractivity contribution in [2.24, 2.45) is 0 Å². The van der Waals surface area contributed by atoms with Crippen LogP contribution in [0.3, 0.4) is 0 Å². The average Bonchev–Trinajstić information content (AvgIpc) is 3.54. The molecule has 214 valence electrons. The van der Waals surface area contributed by atoms with Crippen molar-refractivity contribution in [3.63, 3.8) is 0 Å². The van der Waals surface area contributed by atoms with Gasteiger partial charge in [-0.05, 0) is 73.9 Å². The van der Waals surface area contributed by atoms with Gasteiger partial charge in [-0.15, -0.1) is 0 Å². The van der Waals surface area contributed by atoms with Crippen molar-refractivity contribution in [1.82, 2.24) is 8.54 Å². The SMILES string of the molecule is COc1cc(C)ccc1C(O)c1c(-n2cccc2CO[Si](C)(C)C(C)(C)C)ccn1S(=O)(=O)c1ccc(C)cc1. The number of hydrogen-bond donors (Lipinski definition) is 1. The van der Waals surface area contributed by atoms with Crippen molar-refractivity contribution in [1.29, 1.82) is 0 Å². The van der Waals surface area contributed by atoms with E-state index in [0.717, 1.165) is 16.8 Å². The van der Waals surface area contributed by atoms with Gasteiger partial charge in [0.2, 0.25) is 0 Å². The van der Waals surface area contributed by atoms with Crippen molar-refractivity contribution < 1.29 is 22.7 Å². The number of aliphatic hydroxyl groups is 1. The molecule has 4 aromatic rings. The van der Waals surface area contributed by atoms with Crippen molar-refractivity contribution in [3.05, 3.63) is 101 Å². The molecule has 0 saturated heterocycles. The summed E-state index contributed by atoms with van der Waals surface area (Å²) in [5.41, 5.74) is 4.01. The van der Waals surface area contributed by atoms with E-state index >= 15 is 0 Å². The van der Waals surface area contributed by atoms with Gasteiger partial charge < -0.3 is 18.8 Å². The van der Waals surface area contributed by atoms with Crippen LogP contribution < -0.4 is 4.74 Å². The third-order valence-electron chi connectivity index (χ3n) is 7.87. The Morgan fingerprint density at radius 3 is 2.23 bits per heavy atom. The molecule has 4 rings (SSSR count). The maximum atomic E-state index is 13.9. The van der Waals surface area contributed by atoms with Gasteiger partial charge in [-0.1, -0.05) is 50.6 Å². The maximum Gasteiger partial charge on any atom is 0.268 e. The van der Waals surface area contributed by atoms with E-state index in [1.807, 2.05) is 48.9 Å². The molecule has 1 atom stereocenters. The minimum Gasteiger partial charge on any atom is -0.496 e. The number of aryl methyl sites for hydroxylation is 2. The smallest absolute Gasteiger partial charge is 0.268 e. The molecule has 1 N–H and O–H groups in total. The molecule has 2 aromatic heterocycles. The van der Waals surface area contributed by atoms with E-state index in [-0.39, 0.29) is 15.6 Å². The van der Waals surface area contributed by atoms with E-state index in [1.165, 1.54) is 17.3 Å². The van der Waals surface area contributed by atoms with E-state index in [9.17, 15) is 13.5 Å². The van der Waals surface area contributed by atoms with Gasteiger partial charge in [-0.3, -0.25) is 0 Å². The van der Waals surface area contributed by atoms with Gasteiger partial charge >= 0.3 is 0 Å². The minimum atomic E-state index is -4.03. The molecule has 2 heterocycles. The van der Waals surface area contributed by atoms with Crippen LogP contribution in [0.2, 0.25) is 18.1 Å². The van der Waals surface area contributed by atoms with Crippen molar-refractivity contribution in [2.75, 3.05) is 7.11 Å². The monoisotopic (exact) mass is 580 g/mol. The number of methoxy groups -OCH3 is 1. The van der Waals surface area contributed by atoms with Gasteiger partial charge in [-0.25, -0.2) is 12.4 Å². The second kappa shape index (κ2) is 11.0. The molecule has 0 bridgehead atoms. The lowest BCUT2D eigenvalue weighted by molar-refractivity contribution is 0.208. The number of ether oxygens (including phenoxy) is 1. The van der Waals surface area contributed by atoms with Gasteiger partial charge in [-0.2, -0.15) is 0 Å². The summed E-state index contributed by atoms with van der Waals surface area (Å²) in [5.74, 6) is 0.480. The Balaban J connectivity index is 1.88. The van der Waals surface area contributed by atoms with Crippen molar-refractivity contribution >= 4 is 18.3 Å². The molecule has 40 heavy (non-hydrogen) atoms. The van der Waals surface area contributed by atoms with E-state index in [2.05, 4.69) is 33.9 Å². The Morgan fingerprint density at radius 2 is 1.60 bits per heavy atom. The highest BCUT2D eigenvalue weighted by atomic mass is 32.2. The van der Waals surface area contributed by atoms with Gasteiger partial charge in [0.15, 0.2) is 8.32 Å². The summed E-state index contributed by atoms with van der Waals surface area (Å²) in [6.07, 6.45) is 2.07. The number of aliphatic hydroxyl groups excluding tert-OH is 1. The van der Waals surface area contributed by atoms with Gasteiger partial charge in [0.05, 0.1) is 30.0 Å². The van der Waals surface area contributed by atoms with E-state index < -0.39 is 24.4 Å². The highest BCUT2D eigenvalue weighted by Gasteiger charge is 2.37. The Morgan fingerprint density at radius 1 is 0.950 bits per heavy atom. The molecule has 0 radical (unpaired) electrons. The molecule has 0 spiro atoms. The quantitative estimate of drug-likeness (QED) is 0.222. The third kappa shape index (κ3) is 5.69. The second-order valence-corrected chi connectivity index (χ2v) is 18.4. The van der Waals surface area contributed by atoms with Gasteiger partial charge in [0.25, 0.3) is 10.0 Å². The lowest BCUT2D eigenvalue weighted by Crippen LogP contribution is -2.40. The number of rotatable bonds is 9. The van der Waals surface area contributed by atoms with Crippen LogP contribution in [0.15, 0.2) is 78.0 Å². The van der Waals surface area contributed by atoms with Crippen molar-refractivity contribution in [3.8, 4) is 11.4 Å². The fourth-order valence-electron chi connectivity index (χ4n) is 4.35. The molecule has 0 fully saturated rings. The van der Waals surface area contributed by atoms with Crippen LogP contribution in [0.4, 0.5) is 0 Å². The molecule has 0 saturated carbocycles. The first kappa shape index (κ1) is 29.9. The van der Waals surface area contributed by atoms with Crippen LogP contribution in [-0.2, 0) is 21.1 Å². The zero-order chi connectivity index (χ0) is 29.5. The summed E-state index contributed by atoms with van der Waals surface area (Å²) in [6, 6.07) is 17.8. The summed E-state index contributed by atoms with van der Waals surface area (Å²) in [7, 11) is -4.53. The molecule has 9 heteroatoms. The maximum absolute atomic E-state index is 13.9. The normalized spacial score (nSPS) is 13.4. The predicted octanol–water partition coefficient (Wildman–Crippen LogP) is 6.74. The number of aromatic nitrogens is 2. The van der Waals surface area contributed by atoms with Gasteiger partial charge in [0.1, 0.15) is 11.9 Å². The van der Waals surface area contributed by atoms with E-state index in [4.69, 9.17) is 9.16 Å². The number of benzene rings is 2. The van der Waals surface area contributed by atoms with Crippen molar-refractivity contribution in [2.45, 2.75) is 70.4 Å². The van der Waals surface area contributed by atoms with Crippen LogP contribution >= 0.6 is 0 Å². The molecular weight excluding hydrogens is 541 g/mol. The first-order chi connectivity index (χ1) is 18.7. The Kier molecular flexibility index (Phi) is 8.24. The minimum absolute atomic E-state index is 0.0409. The summed E-state index contributed by atoms with van der Waals surface area (Å²) < 4.78 is 43.0. The molecule has 7 nitrogen and oxygen atoms in total. The standard InChI is InChI=1S/C31H40N2O5SSi/c1-22-11-14-25(15-12-22)39(35,36)33-19-17-27(29(33)30(34)26-16-13-23(2)20-28(26)37-6)32-18-9-10-24(32)21-38-40(7,8)31(3,4)5/h9-20,30,34H,21H2,1-8H3. The Labute approximate surface area is 239 Å². The van der Waals surface area contributed by atoms with Crippen LogP contribution in [-0.4, -0.2) is 37.5 Å². The highest BCUT2D eigenvalue weighted by Crippen LogP contribution is 2.39. The van der Waals surface area contributed by atoms with E-state index in [0.29, 0.717) is 23.6 Å². The molecule has 2 aromatic carbocycles. The second-order valence-electron chi connectivity index (χ2n) is 11.8. The first-order valence-electron chi connectivity index (χ1n) is 13.3. The Bertz CT molecular complexity index is 1600. The summed E-state index contributed by atoms with van der Waals surface area (Å²) in [6.45, 7) is 15.2. The summed E-state index contributed by atoms with van der Waals surface area (Å²) >= 11 is 0. The molecule has 1 unspecified atom stereocenters. The lowest BCUT2D eigenvalue weighted by Gasteiger charge is -2.36. The molecule has 0 amide bonds. The zero-order valence-corrected chi connectivity index (χ0v) is 26.4. The third-order valence-corrected chi connectivity index (χ3v) is 14.1. The fraction of sp³-hybridized carbons (Fsp3) is 0.355. The number of nitrogens with zero attached hydrogens (tertiary/aromatic N) is 2. The highest BCUT2D eigenvalue weighted by molar-refractivity contribution is 7.90. The van der Waals surface area contributed by atoms with Crippen LogP contribution in [0.1, 0.15) is 55.0 Å². The molecule has 0 aliphatic heterocycles. The Hall–Kier alpha value is -3.11. The molecule has 0 aliphatic rings.